The molecule has 6 nitrogen and oxygen atoms in total. The second kappa shape index (κ2) is 7.42. The van der Waals surface area contributed by atoms with E-state index < -0.39 is 23.3 Å². The van der Waals surface area contributed by atoms with Crippen molar-refractivity contribution in [1.82, 2.24) is 0 Å². The Morgan fingerprint density at radius 1 is 1.10 bits per heavy atom. The third-order valence-corrected chi connectivity index (χ3v) is 4.13. The van der Waals surface area contributed by atoms with Crippen LogP contribution in [0.5, 0.6) is 5.75 Å². The number of nitrogens with zero attached hydrogens (tertiary/aromatic N) is 2. The van der Waals surface area contributed by atoms with Crippen molar-refractivity contribution in [2.45, 2.75) is 20.0 Å². The largest absolute Gasteiger partial charge is 0.507 e. The van der Waals surface area contributed by atoms with Crippen LogP contribution in [-0.2, 0) is 11.0 Å². The highest BCUT2D eigenvalue weighted by Crippen LogP contribution is 2.42. The number of alkyl halides is 3. The Morgan fingerprint density at radius 3 is 2.48 bits per heavy atom. The molecule has 4 N–H and O–H groups in total. The molecule has 0 atom stereocenters. The monoisotopic (exact) mass is 402 g/mol. The number of nitrogens with two attached hydrogens (primary N) is 1. The summed E-state index contributed by atoms with van der Waals surface area (Å²) < 4.78 is 40.4. The molecule has 9 heteroatoms. The summed E-state index contributed by atoms with van der Waals surface area (Å²) in [4.78, 5) is 11.1. The highest BCUT2D eigenvalue weighted by molar-refractivity contribution is 6.02. The Morgan fingerprint density at radius 2 is 1.83 bits per heavy atom. The molecule has 3 aromatic rings. The zero-order valence-corrected chi connectivity index (χ0v) is 15.5. The molecule has 0 radical (unpaired) electrons. The maximum atomic E-state index is 13.5. The molecule has 0 saturated heterocycles. The van der Waals surface area contributed by atoms with Crippen LogP contribution >= 0.6 is 0 Å². The van der Waals surface area contributed by atoms with Gasteiger partial charge in [-0.2, -0.15) is 13.2 Å². The van der Waals surface area contributed by atoms with Crippen LogP contribution < -0.4 is 11.1 Å². The SMILES string of the molecule is CC(=O)Nc1ccc(N=Nc2c(N)ccc3cc(C)cc(O)c23)c(C(F)(F)F)c1. The van der Waals surface area contributed by atoms with E-state index in [4.69, 9.17) is 5.73 Å². The Balaban J connectivity index is 2.13. The first-order chi connectivity index (χ1) is 13.6. The molecule has 1 amide bonds. The Labute approximate surface area is 163 Å². The van der Waals surface area contributed by atoms with Crippen LogP contribution in [0.4, 0.5) is 35.9 Å². The van der Waals surface area contributed by atoms with Gasteiger partial charge in [0.05, 0.1) is 22.3 Å². The summed E-state index contributed by atoms with van der Waals surface area (Å²) in [5, 5.41) is 21.2. The molecule has 0 unspecified atom stereocenters. The van der Waals surface area contributed by atoms with E-state index in [2.05, 4.69) is 15.5 Å². The molecular weight excluding hydrogens is 385 g/mol. The van der Waals surface area contributed by atoms with Gasteiger partial charge in [0.2, 0.25) is 5.91 Å². The van der Waals surface area contributed by atoms with Gasteiger partial charge in [0, 0.05) is 12.6 Å². The number of hydrogen-bond donors (Lipinski definition) is 3. The molecule has 0 bridgehead atoms. The normalized spacial score (nSPS) is 11.9. The molecule has 150 valence electrons. The van der Waals surface area contributed by atoms with E-state index >= 15 is 0 Å². The smallest absolute Gasteiger partial charge is 0.418 e. The van der Waals surface area contributed by atoms with Crippen molar-refractivity contribution >= 4 is 39.4 Å². The molecule has 0 heterocycles. The number of rotatable bonds is 3. The molecule has 29 heavy (non-hydrogen) atoms. The number of fused-ring (bicyclic) bond motifs is 1. The summed E-state index contributed by atoms with van der Waals surface area (Å²) in [6.07, 6.45) is -4.72. The van der Waals surface area contributed by atoms with Gasteiger partial charge in [-0.05, 0) is 48.2 Å². The Hall–Kier alpha value is -3.62. The molecule has 0 aromatic heterocycles. The summed E-state index contributed by atoms with van der Waals surface area (Å²) >= 11 is 0. The summed E-state index contributed by atoms with van der Waals surface area (Å²) in [5.74, 6) is -0.597. The zero-order chi connectivity index (χ0) is 21.3. The predicted octanol–water partition coefficient (Wildman–Crippen LogP) is 5.83. The van der Waals surface area contributed by atoms with Crippen LogP contribution in [0.3, 0.4) is 0 Å². The van der Waals surface area contributed by atoms with Gasteiger partial charge in [-0.3, -0.25) is 4.79 Å². The topological polar surface area (TPSA) is 100 Å². The lowest BCUT2D eigenvalue weighted by Crippen LogP contribution is -2.09. The number of aryl methyl sites for hydroxylation is 1. The summed E-state index contributed by atoms with van der Waals surface area (Å²) in [7, 11) is 0. The van der Waals surface area contributed by atoms with Gasteiger partial charge >= 0.3 is 6.18 Å². The molecule has 0 saturated carbocycles. The molecule has 0 spiro atoms. The van der Waals surface area contributed by atoms with Crippen molar-refractivity contribution in [2.24, 2.45) is 10.2 Å². The highest BCUT2D eigenvalue weighted by Gasteiger charge is 2.34. The molecule has 0 aliphatic rings. The predicted molar refractivity (Wildman–Crippen MR) is 105 cm³/mol. The van der Waals surface area contributed by atoms with E-state index in [1.54, 1.807) is 25.1 Å². The maximum Gasteiger partial charge on any atom is 0.418 e. The number of halogens is 3. The third-order valence-electron chi connectivity index (χ3n) is 4.13. The van der Waals surface area contributed by atoms with Crippen LogP contribution in [0.2, 0.25) is 0 Å². The molecule has 0 aliphatic heterocycles. The van der Waals surface area contributed by atoms with E-state index in [0.717, 1.165) is 17.7 Å². The zero-order valence-electron chi connectivity index (χ0n) is 15.5. The number of amides is 1. The fraction of sp³-hybridized carbons (Fsp3) is 0.150. The standard InChI is InChI=1S/C20H17F3N4O2/c1-10-7-12-3-5-15(24)19(18(12)17(29)8-10)27-26-16-6-4-13(25-11(2)28)9-14(16)20(21,22)23/h3-9,29H,24H2,1-2H3,(H,25,28). The number of phenolic OH excluding ortho intramolecular Hbond substituents is 1. The van der Waals surface area contributed by atoms with Crippen LogP contribution in [-0.4, -0.2) is 11.0 Å². The van der Waals surface area contributed by atoms with Gasteiger partial charge < -0.3 is 16.2 Å². The second-order valence-corrected chi connectivity index (χ2v) is 6.50. The fourth-order valence-corrected chi connectivity index (χ4v) is 2.93. The van der Waals surface area contributed by atoms with Crippen molar-refractivity contribution in [3.8, 4) is 5.75 Å². The maximum absolute atomic E-state index is 13.5. The van der Waals surface area contributed by atoms with E-state index in [0.29, 0.717) is 10.8 Å². The lowest BCUT2D eigenvalue weighted by atomic mass is 10.0. The van der Waals surface area contributed by atoms with Crippen molar-refractivity contribution in [2.75, 3.05) is 11.1 Å². The molecular formula is C20H17F3N4O2. The number of nitrogen functional groups attached to an aromatic ring is 1. The van der Waals surface area contributed by atoms with Crippen molar-refractivity contribution in [3.63, 3.8) is 0 Å². The van der Waals surface area contributed by atoms with Crippen molar-refractivity contribution in [3.05, 3.63) is 53.6 Å². The van der Waals surface area contributed by atoms with E-state index in [-0.39, 0.29) is 22.8 Å². The summed E-state index contributed by atoms with van der Waals surface area (Å²) in [6.45, 7) is 2.99. The number of carbonyl (C=O) groups excluding carboxylic acids is 1. The van der Waals surface area contributed by atoms with Crippen LogP contribution in [0.15, 0.2) is 52.7 Å². The quantitative estimate of drug-likeness (QED) is 0.380. The first-order valence-electron chi connectivity index (χ1n) is 8.48. The molecule has 3 aromatic carbocycles. The van der Waals surface area contributed by atoms with Crippen LogP contribution in [0, 0.1) is 6.92 Å². The summed E-state index contributed by atoms with van der Waals surface area (Å²) in [5.41, 5.74) is 5.43. The number of anilines is 2. The van der Waals surface area contributed by atoms with Gasteiger partial charge in [0.15, 0.2) is 0 Å². The number of benzene rings is 3. The van der Waals surface area contributed by atoms with Crippen LogP contribution in [0.1, 0.15) is 18.1 Å². The highest BCUT2D eigenvalue weighted by atomic mass is 19.4. The van der Waals surface area contributed by atoms with E-state index in [9.17, 15) is 23.1 Å². The van der Waals surface area contributed by atoms with Crippen LogP contribution in [0.25, 0.3) is 10.8 Å². The Bertz CT molecular complexity index is 1140. The average Bonchev–Trinajstić information content (AvgIpc) is 2.60. The van der Waals surface area contributed by atoms with Gasteiger partial charge in [0.1, 0.15) is 11.4 Å². The minimum absolute atomic E-state index is 0.0124. The first kappa shape index (κ1) is 20.1. The Kier molecular flexibility index (Phi) is 5.15. The van der Waals surface area contributed by atoms with Gasteiger partial charge in [-0.15, -0.1) is 10.2 Å². The van der Waals surface area contributed by atoms with Gasteiger partial charge in [-0.25, -0.2) is 0 Å². The van der Waals surface area contributed by atoms with Gasteiger partial charge in [0.25, 0.3) is 0 Å². The number of aromatic hydroxyl groups is 1. The number of phenols is 1. The third kappa shape index (κ3) is 4.29. The molecule has 3 rings (SSSR count). The van der Waals surface area contributed by atoms with Crippen molar-refractivity contribution in [1.29, 1.82) is 0 Å². The van der Waals surface area contributed by atoms with E-state index in [1.165, 1.54) is 19.1 Å². The number of nitrogens with one attached hydrogen (secondary N) is 1. The minimum atomic E-state index is -4.72. The average molecular weight is 402 g/mol. The lowest BCUT2D eigenvalue weighted by molar-refractivity contribution is -0.137. The van der Waals surface area contributed by atoms with E-state index in [1.807, 2.05) is 0 Å². The van der Waals surface area contributed by atoms with Crippen molar-refractivity contribution < 1.29 is 23.1 Å². The fourth-order valence-electron chi connectivity index (χ4n) is 2.93. The van der Waals surface area contributed by atoms with Gasteiger partial charge in [-0.1, -0.05) is 12.1 Å². The second-order valence-electron chi connectivity index (χ2n) is 6.50. The summed E-state index contributed by atoms with van der Waals surface area (Å²) in [6, 6.07) is 9.69. The minimum Gasteiger partial charge on any atom is -0.507 e. The first-order valence-corrected chi connectivity index (χ1v) is 8.48. The number of azo groups is 1. The molecule has 0 aliphatic carbocycles. The lowest BCUT2D eigenvalue weighted by Gasteiger charge is -2.12. The molecule has 0 fully saturated rings. The number of hydrogen-bond acceptors (Lipinski definition) is 5. The number of carbonyl (C=O) groups is 1.